The van der Waals surface area contributed by atoms with Gasteiger partial charge in [-0.2, -0.15) is 16.8 Å². The Morgan fingerprint density at radius 1 is 0.760 bits per heavy atom. The minimum atomic E-state index is -3.98. The molecule has 2 heterocycles. The van der Waals surface area contributed by atoms with Gasteiger partial charge in [0.05, 0.1) is 11.4 Å². The van der Waals surface area contributed by atoms with E-state index in [1.165, 1.54) is 24.3 Å². The van der Waals surface area contributed by atoms with Gasteiger partial charge in [-0.1, -0.05) is 30.3 Å². The summed E-state index contributed by atoms with van der Waals surface area (Å²) in [5, 5.41) is 25.8. The summed E-state index contributed by atoms with van der Waals surface area (Å²) < 4.78 is 52.5. The summed E-state index contributed by atoms with van der Waals surface area (Å²) in [5.74, 6) is -2.10. The van der Waals surface area contributed by atoms with Gasteiger partial charge in [0, 0.05) is 24.6 Å². The molecule has 18 heteroatoms. The monoisotopic (exact) mass is 730 g/mol. The number of nitrogens with one attached hydrogen (secondary N) is 4. The van der Waals surface area contributed by atoms with Crippen LogP contribution in [0.25, 0.3) is 0 Å². The van der Waals surface area contributed by atoms with Crippen LogP contribution in [0.1, 0.15) is 43.4 Å². The van der Waals surface area contributed by atoms with Crippen LogP contribution in [0.15, 0.2) is 60.7 Å². The average molecular weight is 731 g/mol. The van der Waals surface area contributed by atoms with Gasteiger partial charge in [0.2, 0.25) is 11.8 Å². The smallest absolute Gasteiger partial charge is 0.326 e. The van der Waals surface area contributed by atoms with Gasteiger partial charge in [-0.25, -0.2) is 18.1 Å². The van der Waals surface area contributed by atoms with E-state index in [1.807, 2.05) is 54.5 Å². The molecule has 50 heavy (non-hydrogen) atoms. The first-order valence-electron chi connectivity index (χ1n) is 15.4. The second-order valence-electron chi connectivity index (χ2n) is 11.8. The largest absolute Gasteiger partial charge is 0.506 e. The van der Waals surface area contributed by atoms with E-state index >= 15 is 0 Å². The van der Waals surface area contributed by atoms with Crippen LogP contribution in [-0.4, -0.2) is 69.8 Å². The maximum absolute atomic E-state index is 12.1. The number of para-hydroxylation sites is 1. The van der Waals surface area contributed by atoms with E-state index in [4.69, 9.17) is 0 Å². The van der Waals surface area contributed by atoms with Crippen LogP contribution in [0.4, 0.5) is 17.1 Å². The Bertz CT molecular complexity index is 2020. The maximum Gasteiger partial charge on any atom is 0.326 e. The lowest BCUT2D eigenvalue weighted by atomic mass is 10.1. The van der Waals surface area contributed by atoms with Gasteiger partial charge in [-0.05, 0) is 80.6 Å². The van der Waals surface area contributed by atoms with Crippen molar-refractivity contribution in [1.82, 2.24) is 14.8 Å². The Labute approximate surface area is 289 Å². The van der Waals surface area contributed by atoms with Gasteiger partial charge in [0.25, 0.3) is 11.8 Å². The summed E-state index contributed by atoms with van der Waals surface area (Å²) in [6.07, 6.45) is 1.25. The zero-order chi connectivity index (χ0) is 36.8. The molecule has 2 fully saturated rings. The number of anilines is 3. The fourth-order valence-corrected chi connectivity index (χ4v) is 7.36. The summed E-state index contributed by atoms with van der Waals surface area (Å²) in [7, 11) is -7.93. The number of phenolic OH excluding ortho intramolecular Hbond substituents is 2. The number of benzene rings is 3. The topological polar surface area (TPSA) is 232 Å². The Balaban J connectivity index is 0.000000228. The third-order valence-electron chi connectivity index (χ3n) is 7.41. The van der Waals surface area contributed by atoms with Crippen molar-refractivity contribution < 1.29 is 46.2 Å². The predicted molar refractivity (Wildman–Crippen MR) is 185 cm³/mol. The molecule has 0 bridgehead atoms. The van der Waals surface area contributed by atoms with Crippen LogP contribution in [0, 0.1) is 6.92 Å². The van der Waals surface area contributed by atoms with Gasteiger partial charge in [-0.15, -0.1) is 0 Å². The highest BCUT2D eigenvalue weighted by Crippen LogP contribution is 2.33. The van der Waals surface area contributed by atoms with Gasteiger partial charge < -0.3 is 20.8 Å². The molecule has 2 aliphatic rings. The van der Waals surface area contributed by atoms with Crippen LogP contribution < -0.4 is 28.7 Å². The summed E-state index contributed by atoms with van der Waals surface area (Å²) in [6, 6.07) is 16.4. The predicted octanol–water partition coefficient (Wildman–Crippen LogP) is 1.48. The Hall–Kier alpha value is -5.36. The number of aromatic hydroxyl groups is 2. The quantitative estimate of drug-likeness (QED) is 0.176. The van der Waals surface area contributed by atoms with Crippen LogP contribution in [-0.2, 0) is 52.4 Å². The Morgan fingerprint density at radius 3 is 1.62 bits per heavy atom. The molecular formula is C32H38N6O10S2. The highest BCUT2D eigenvalue weighted by molar-refractivity contribution is 7.92. The standard InChI is InChI=1S/C18H19N3O5S.C14H19N3O5S/c1-12-4-2-3-5-14(12)19-17(23)9-7-13-6-8-15(16(22)10-13)21-11-18(24)20-27(21,25)26;1-9(2)15-13(19)6-4-10-3-5-11(12(18)7-10)17-8-14(20)16-23(17,21)22/h2-6,8,10,22H,7,9,11H2,1H3,(H,19,23)(H,20,24);3,5,7,9,18H,4,6,8H2,1-2H3,(H,15,19)(H,16,20). The molecule has 0 unspecified atom stereocenters. The highest BCUT2D eigenvalue weighted by Gasteiger charge is 2.36. The van der Waals surface area contributed by atoms with Gasteiger partial charge in [0.15, 0.2) is 0 Å². The lowest BCUT2D eigenvalue weighted by Crippen LogP contribution is -2.30. The third kappa shape index (κ3) is 9.63. The second-order valence-corrected chi connectivity index (χ2v) is 15.0. The van der Waals surface area contributed by atoms with Crippen molar-refractivity contribution in [2.45, 2.75) is 52.5 Å². The molecule has 268 valence electrons. The number of hydrogen-bond donors (Lipinski definition) is 6. The number of phenols is 2. The molecule has 0 aromatic heterocycles. The van der Waals surface area contributed by atoms with E-state index in [9.17, 15) is 46.2 Å². The Kier molecular flexibility index (Phi) is 11.6. The molecule has 16 nitrogen and oxygen atoms in total. The van der Waals surface area contributed by atoms with Crippen molar-refractivity contribution >= 4 is 61.1 Å². The van der Waals surface area contributed by atoms with E-state index in [0.717, 1.165) is 19.9 Å². The number of amides is 4. The van der Waals surface area contributed by atoms with Crippen molar-refractivity contribution in [2.24, 2.45) is 0 Å². The molecule has 0 aliphatic carbocycles. The molecule has 4 amide bonds. The lowest BCUT2D eigenvalue weighted by Gasteiger charge is -2.16. The summed E-state index contributed by atoms with van der Waals surface area (Å²) in [5.41, 5.74) is 3.12. The van der Waals surface area contributed by atoms with Gasteiger partial charge in [0.1, 0.15) is 24.6 Å². The van der Waals surface area contributed by atoms with Crippen molar-refractivity contribution in [2.75, 3.05) is 27.0 Å². The molecule has 2 saturated heterocycles. The zero-order valence-corrected chi connectivity index (χ0v) is 29.1. The first-order valence-corrected chi connectivity index (χ1v) is 18.3. The minimum Gasteiger partial charge on any atom is -0.506 e. The number of carbonyl (C=O) groups excluding carboxylic acids is 4. The molecule has 0 atom stereocenters. The number of nitrogens with zero attached hydrogens (tertiary/aromatic N) is 2. The minimum absolute atomic E-state index is 0.0152. The molecule has 0 radical (unpaired) electrons. The summed E-state index contributed by atoms with van der Waals surface area (Å²) >= 11 is 0. The third-order valence-corrected chi connectivity index (χ3v) is 10.2. The van der Waals surface area contributed by atoms with E-state index in [1.54, 1.807) is 12.1 Å². The molecule has 2 aliphatic heterocycles. The number of carbonyl (C=O) groups is 4. The van der Waals surface area contributed by atoms with Crippen molar-refractivity contribution in [3.8, 4) is 11.5 Å². The fourth-order valence-electron chi connectivity index (χ4n) is 5.03. The molecule has 3 aromatic rings. The first-order chi connectivity index (χ1) is 23.4. The van der Waals surface area contributed by atoms with Gasteiger partial charge >= 0.3 is 20.4 Å². The summed E-state index contributed by atoms with van der Waals surface area (Å²) in [6.45, 7) is 4.88. The van der Waals surface area contributed by atoms with E-state index in [2.05, 4.69) is 10.6 Å². The normalized spacial score (nSPS) is 15.9. The molecule has 0 spiro atoms. The SMILES string of the molecule is CC(C)NC(=O)CCc1ccc(N2CC(=O)NS2(=O)=O)c(O)c1.Cc1ccccc1NC(=O)CCc1ccc(N2CC(=O)NS2(=O)=O)c(O)c1. The second kappa shape index (κ2) is 15.5. The number of aryl methyl sites for hydroxylation is 3. The van der Waals surface area contributed by atoms with E-state index in [0.29, 0.717) is 24.0 Å². The molecule has 6 N–H and O–H groups in total. The van der Waals surface area contributed by atoms with E-state index < -0.39 is 32.2 Å². The van der Waals surface area contributed by atoms with Crippen molar-refractivity contribution in [1.29, 1.82) is 0 Å². The highest BCUT2D eigenvalue weighted by atomic mass is 32.2. The molecule has 0 saturated carbocycles. The number of rotatable bonds is 10. The van der Waals surface area contributed by atoms with Crippen LogP contribution in [0.5, 0.6) is 11.5 Å². The fraction of sp³-hybridized carbons (Fsp3) is 0.312. The van der Waals surface area contributed by atoms with Crippen molar-refractivity contribution in [3.05, 3.63) is 77.4 Å². The molecule has 5 rings (SSSR count). The first kappa shape index (κ1) is 37.5. The molecular weight excluding hydrogens is 693 g/mol. The van der Waals surface area contributed by atoms with E-state index in [-0.39, 0.29) is 66.7 Å². The van der Waals surface area contributed by atoms with Crippen LogP contribution in [0.3, 0.4) is 0 Å². The summed E-state index contributed by atoms with van der Waals surface area (Å²) in [4.78, 5) is 46.3. The number of hydrogen-bond acceptors (Lipinski definition) is 10. The average Bonchev–Trinajstić information content (AvgIpc) is 3.46. The van der Waals surface area contributed by atoms with Crippen LogP contribution in [0.2, 0.25) is 0 Å². The van der Waals surface area contributed by atoms with Crippen molar-refractivity contribution in [3.63, 3.8) is 0 Å². The van der Waals surface area contributed by atoms with Crippen LogP contribution >= 0.6 is 0 Å². The lowest BCUT2D eigenvalue weighted by molar-refractivity contribution is -0.121. The maximum atomic E-state index is 12.1. The molecule has 3 aromatic carbocycles. The van der Waals surface area contributed by atoms with Gasteiger partial charge in [-0.3, -0.25) is 19.2 Å². The Morgan fingerprint density at radius 2 is 1.22 bits per heavy atom. The zero-order valence-electron chi connectivity index (χ0n) is 27.5.